The van der Waals surface area contributed by atoms with Crippen molar-refractivity contribution in [1.29, 1.82) is 0 Å². The first kappa shape index (κ1) is 65.8. The summed E-state index contributed by atoms with van der Waals surface area (Å²) in [6, 6.07) is -0.759. The van der Waals surface area contributed by atoms with Crippen molar-refractivity contribution in [2.75, 3.05) is 6.61 Å². The van der Waals surface area contributed by atoms with Crippen LogP contribution in [-0.4, -0.2) is 46.1 Å². The van der Waals surface area contributed by atoms with Gasteiger partial charge in [0.1, 0.15) is 0 Å². The number of rotatable bonds is 57. The molecule has 0 fully saturated rings. The number of unbranched alkanes of at least 4 members (excludes halogenated alkanes) is 46. The van der Waals surface area contributed by atoms with E-state index in [-0.39, 0.29) is 18.9 Å². The van der Waals surface area contributed by atoms with E-state index in [1.165, 1.54) is 283 Å². The summed E-state index contributed by atoms with van der Waals surface area (Å²) in [6.45, 7) is 4.25. The molecule has 4 N–H and O–H groups in total. The Morgan fingerprint density at radius 1 is 0.373 bits per heavy atom. The number of carbonyl (C=O) groups excluding carboxylic acids is 1. The molecule has 0 saturated carbocycles. The van der Waals surface area contributed by atoms with Crippen LogP contribution in [0.1, 0.15) is 341 Å². The predicted molar refractivity (Wildman–Crippen MR) is 296 cm³/mol. The van der Waals surface area contributed by atoms with Gasteiger partial charge >= 0.3 is 0 Å². The fourth-order valence-corrected chi connectivity index (χ4v) is 9.83. The molecule has 5 nitrogen and oxygen atoms in total. The molecule has 0 spiro atoms. The summed E-state index contributed by atoms with van der Waals surface area (Å²) in [5, 5.41) is 33.5. The molecule has 0 aromatic heterocycles. The van der Waals surface area contributed by atoms with Gasteiger partial charge in [-0.15, -0.1) is 0 Å². The largest absolute Gasteiger partial charge is 0.394 e. The summed E-state index contributed by atoms with van der Waals surface area (Å²) in [4.78, 5) is 12.5. The number of nitrogens with one attached hydrogen (secondary N) is 1. The smallest absolute Gasteiger partial charge is 0.222 e. The first-order valence-electron chi connectivity index (χ1n) is 30.6. The van der Waals surface area contributed by atoms with Crippen LogP contribution in [0, 0.1) is 0 Å². The maximum absolute atomic E-state index is 12.5. The monoisotopic (exact) mass is 944 g/mol. The molecule has 0 saturated heterocycles. The van der Waals surface area contributed by atoms with Crippen LogP contribution in [0.5, 0.6) is 0 Å². The Morgan fingerprint density at radius 2 is 0.642 bits per heavy atom. The first-order chi connectivity index (χ1) is 33.0. The van der Waals surface area contributed by atoms with Crippen LogP contribution >= 0.6 is 0 Å². The third-order valence-corrected chi connectivity index (χ3v) is 14.5. The maximum Gasteiger partial charge on any atom is 0.222 e. The lowest BCUT2D eigenvalue weighted by Crippen LogP contribution is -2.45. The zero-order chi connectivity index (χ0) is 48.6. The first-order valence-corrected chi connectivity index (χ1v) is 30.6. The fraction of sp³-hybridized carbons (Fsp3) is 0.919. The maximum atomic E-state index is 12.5. The molecule has 3 atom stereocenters. The minimum absolute atomic E-state index is 0.0106. The van der Waals surface area contributed by atoms with Crippen molar-refractivity contribution in [1.82, 2.24) is 5.32 Å². The van der Waals surface area contributed by atoms with E-state index in [9.17, 15) is 20.1 Å². The van der Waals surface area contributed by atoms with E-state index < -0.39 is 18.2 Å². The quantitative estimate of drug-likeness (QED) is 0.0361. The summed E-state index contributed by atoms with van der Waals surface area (Å²) in [6.07, 6.45) is 74.0. The van der Waals surface area contributed by atoms with Crippen molar-refractivity contribution in [2.45, 2.75) is 360 Å². The van der Waals surface area contributed by atoms with E-state index >= 15 is 0 Å². The SMILES string of the molecule is CCCCCCCCCCCCCCCCC/C=C/CC/C=C/C(O)C(CO)NC(=O)CC(O)CCCCCCCCCCCCCCCCCCCCCCCCCCCCCCCCC. The minimum atomic E-state index is -0.950. The Morgan fingerprint density at radius 3 is 0.955 bits per heavy atom. The molecule has 0 heterocycles. The molecule has 0 aromatic rings. The number of allylic oxidation sites excluding steroid dienone is 3. The number of aliphatic hydroxyl groups is 3. The minimum Gasteiger partial charge on any atom is -0.394 e. The van der Waals surface area contributed by atoms with Gasteiger partial charge in [0, 0.05) is 0 Å². The van der Waals surface area contributed by atoms with Gasteiger partial charge in [-0.2, -0.15) is 0 Å². The molecule has 67 heavy (non-hydrogen) atoms. The molecule has 0 aliphatic heterocycles. The average Bonchev–Trinajstić information content (AvgIpc) is 3.32. The molecule has 1 amide bonds. The highest BCUT2D eigenvalue weighted by Gasteiger charge is 2.20. The normalized spacial score (nSPS) is 13.3. The second-order valence-electron chi connectivity index (χ2n) is 21.3. The van der Waals surface area contributed by atoms with Gasteiger partial charge in [-0.1, -0.05) is 327 Å². The van der Waals surface area contributed by atoms with Gasteiger partial charge in [-0.25, -0.2) is 0 Å². The van der Waals surface area contributed by atoms with E-state index in [2.05, 4.69) is 31.3 Å². The van der Waals surface area contributed by atoms with Crippen molar-refractivity contribution < 1.29 is 20.1 Å². The molecular weight excluding hydrogens is 823 g/mol. The van der Waals surface area contributed by atoms with Crippen LogP contribution in [0.4, 0.5) is 0 Å². The molecule has 398 valence electrons. The highest BCUT2D eigenvalue weighted by molar-refractivity contribution is 5.76. The third-order valence-electron chi connectivity index (χ3n) is 14.5. The molecule has 0 radical (unpaired) electrons. The van der Waals surface area contributed by atoms with E-state index in [4.69, 9.17) is 0 Å². The molecule has 3 unspecified atom stereocenters. The van der Waals surface area contributed by atoms with Gasteiger partial charge in [-0.3, -0.25) is 4.79 Å². The van der Waals surface area contributed by atoms with Gasteiger partial charge < -0.3 is 20.6 Å². The van der Waals surface area contributed by atoms with Crippen LogP contribution < -0.4 is 5.32 Å². The van der Waals surface area contributed by atoms with Crippen molar-refractivity contribution in [3.05, 3.63) is 24.3 Å². The molecule has 0 rings (SSSR count). The number of aliphatic hydroxyl groups excluding tert-OH is 3. The predicted octanol–water partition coefficient (Wildman–Crippen LogP) is 19.2. The molecule has 0 bridgehead atoms. The molecule has 0 aromatic carbocycles. The lowest BCUT2D eigenvalue weighted by atomic mass is 10.0. The van der Waals surface area contributed by atoms with Crippen molar-refractivity contribution in [2.24, 2.45) is 0 Å². The van der Waals surface area contributed by atoms with Gasteiger partial charge in [-0.05, 0) is 32.1 Å². The number of carbonyl (C=O) groups is 1. The Bertz CT molecular complexity index is 998. The average molecular weight is 945 g/mol. The fourth-order valence-electron chi connectivity index (χ4n) is 9.83. The van der Waals surface area contributed by atoms with Crippen molar-refractivity contribution in [3.8, 4) is 0 Å². The van der Waals surface area contributed by atoms with Crippen LogP contribution in [0.3, 0.4) is 0 Å². The van der Waals surface area contributed by atoms with Gasteiger partial charge in [0.2, 0.25) is 5.91 Å². The van der Waals surface area contributed by atoms with Crippen LogP contribution in [0.2, 0.25) is 0 Å². The third kappa shape index (κ3) is 54.0. The Kier molecular flexibility index (Phi) is 56.4. The summed E-state index contributed by atoms with van der Waals surface area (Å²) >= 11 is 0. The highest BCUT2D eigenvalue weighted by atomic mass is 16.3. The van der Waals surface area contributed by atoms with Gasteiger partial charge in [0.05, 0.1) is 31.3 Å². The Hall–Kier alpha value is -1.17. The highest BCUT2D eigenvalue weighted by Crippen LogP contribution is 2.18. The summed E-state index contributed by atoms with van der Waals surface area (Å²) < 4.78 is 0. The van der Waals surface area contributed by atoms with E-state index in [1.54, 1.807) is 6.08 Å². The topological polar surface area (TPSA) is 89.8 Å². The van der Waals surface area contributed by atoms with Crippen molar-refractivity contribution in [3.63, 3.8) is 0 Å². The second-order valence-corrected chi connectivity index (χ2v) is 21.3. The number of hydrogen-bond acceptors (Lipinski definition) is 4. The Balaban J connectivity index is 3.52. The lowest BCUT2D eigenvalue weighted by molar-refractivity contribution is -0.124. The van der Waals surface area contributed by atoms with Gasteiger partial charge in [0.25, 0.3) is 0 Å². The standard InChI is InChI=1S/C62H121NO4/c1-3-5-7-9-11-13-15-17-19-21-23-25-26-27-28-29-30-31-32-33-34-36-37-39-41-43-45-47-49-51-53-55-59(65)57-62(67)63-60(58-64)61(66)56-54-52-50-48-46-44-42-40-38-35-24-22-20-18-16-14-12-10-8-6-4-2/h46,48,54,56,59-61,64-66H,3-45,47,49-53,55,57-58H2,1-2H3,(H,63,67)/b48-46+,56-54+. The van der Waals surface area contributed by atoms with Crippen LogP contribution in [-0.2, 0) is 4.79 Å². The summed E-state index contributed by atoms with van der Waals surface area (Å²) in [5.41, 5.74) is 0. The molecule has 0 aliphatic rings. The lowest BCUT2D eigenvalue weighted by Gasteiger charge is -2.21. The van der Waals surface area contributed by atoms with Crippen LogP contribution in [0.15, 0.2) is 24.3 Å². The molecule has 5 heteroatoms. The molecular formula is C62H121NO4. The number of amides is 1. The van der Waals surface area contributed by atoms with E-state index in [0.29, 0.717) is 6.42 Å². The van der Waals surface area contributed by atoms with E-state index in [0.717, 1.165) is 32.1 Å². The van der Waals surface area contributed by atoms with Gasteiger partial charge in [0.15, 0.2) is 0 Å². The van der Waals surface area contributed by atoms with E-state index in [1.807, 2.05) is 6.08 Å². The zero-order valence-electron chi connectivity index (χ0n) is 45.6. The summed E-state index contributed by atoms with van der Waals surface area (Å²) in [5.74, 6) is -0.318. The summed E-state index contributed by atoms with van der Waals surface area (Å²) in [7, 11) is 0. The Labute approximate surface area is 420 Å². The van der Waals surface area contributed by atoms with Crippen molar-refractivity contribution >= 4 is 5.91 Å². The number of hydrogen-bond donors (Lipinski definition) is 4. The second kappa shape index (κ2) is 57.4. The molecule has 0 aliphatic carbocycles. The zero-order valence-corrected chi connectivity index (χ0v) is 45.6. The van der Waals surface area contributed by atoms with Crippen LogP contribution in [0.25, 0.3) is 0 Å².